The Labute approximate surface area is 160 Å². The Hall–Kier alpha value is -2.52. The van der Waals surface area contributed by atoms with E-state index in [9.17, 15) is 10.4 Å². The average Bonchev–Trinajstić information content (AvgIpc) is 2.66. The summed E-state index contributed by atoms with van der Waals surface area (Å²) in [5, 5.41) is 22.8. The Morgan fingerprint density at radius 2 is 2.19 bits per heavy atom. The molecule has 0 bridgehead atoms. The van der Waals surface area contributed by atoms with E-state index in [-0.39, 0.29) is 11.5 Å². The van der Waals surface area contributed by atoms with Crippen molar-refractivity contribution in [2.75, 3.05) is 11.9 Å². The third kappa shape index (κ3) is 5.01. The lowest BCUT2D eigenvalue weighted by Crippen LogP contribution is -2.37. The highest BCUT2D eigenvalue weighted by molar-refractivity contribution is 5.37. The number of hydrogen-bond acceptors (Lipinski definition) is 6. The number of aliphatic hydroxyl groups is 1. The third-order valence-electron chi connectivity index (χ3n) is 5.45. The van der Waals surface area contributed by atoms with Gasteiger partial charge in [-0.05, 0) is 55.1 Å². The number of nitrogens with zero attached hydrogens (tertiary/aromatic N) is 4. The molecule has 3 rings (SSSR count). The largest absolute Gasteiger partial charge is 0.393 e. The van der Waals surface area contributed by atoms with E-state index in [1.165, 1.54) is 0 Å². The minimum atomic E-state index is -0.251. The highest BCUT2D eigenvalue weighted by Gasteiger charge is 2.35. The normalized spacial score (nSPS) is 21.4. The molecule has 1 fully saturated rings. The summed E-state index contributed by atoms with van der Waals surface area (Å²) in [7, 11) is 0. The maximum absolute atomic E-state index is 10.2. The van der Waals surface area contributed by atoms with Crippen LogP contribution in [0.3, 0.4) is 0 Å². The molecule has 1 saturated carbocycles. The molecule has 2 aromatic rings. The summed E-state index contributed by atoms with van der Waals surface area (Å²) in [6.07, 6.45) is 9.26. The van der Waals surface area contributed by atoms with Crippen LogP contribution < -0.4 is 5.32 Å². The van der Waals surface area contributed by atoms with Gasteiger partial charge in [0.15, 0.2) is 0 Å². The van der Waals surface area contributed by atoms with E-state index in [2.05, 4.69) is 40.2 Å². The van der Waals surface area contributed by atoms with Crippen molar-refractivity contribution < 1.29 is 5.11 Å². The molecule has 0 spiro atoms. The van der Waals surface area contributed by atoms with Crippen LogP contribution in [-0.4, -0.2) is 32.7 Å². The smallest absolute Gasteiger partial charge is 0.222 e. The minimum absolute atomic E-state index is 0.0897. The van der Waals surface area contributed by atoms with E-state index in [1.807, 2.05) is 18.3 Å². The number of rotatable bonds is 6. The second-order valence-corrected chi connectivity index (χ2v) is 8.06. The van der Waals surface area contributed by atoms with Crippen molar-refractivity contribution in [3.05, 3.63) is 47.5 Å². The molecule has 0 radical (unpaired) electrons. The Balaban J connectivity index is 1.64. The Kier molecular flexibility index (Phi) is 6.02. The van der Waals surface area contributed by atoms with Crippen molar-refractivity contribution >= 4 is 5.95 Å². The maximum atomic E-state index is 10.2. The van der Waals surface area contributed by atoms with Gasteiger partial charge in [0, 0.05) is 18.9 Å². The summed E-state index contributed by atoms with van der Waals surface area (Å²) in [6, 6.07) is 6.18. The van der Waals surface area contributed by atoms with Crippen molar-refractivity contribution in [3.63, 3.8) is 0 Å². The first-order valence-electron chi connectivity index (χ1n) is 9.55. The first kappa shape index (κ1) is 19.2. The van der Waals surface area contributed by atoms with E-state index < -0.39 is 0 Å². The van der Waals surface area contributed by atoms with E-state index >= 15 is 0 Å². The Morgan fingerprint density at radius 3 is 2.89 bits per heavy atom. The van der Waals surface area contributed by atoms with Crippen molar-refractivity contribution in [2.24, 2.45) is 11.3 Å². The minimum Gasteiger partial charge on any atom is -0.393 e. The number of nitriles is 1. The molecule has 6 heteroatoms. The van der Waals surface area contributed by atoms with E-state index in [4.69, 9.17) is 0 Å². The number of nitrogens with one attached hydrogen (secondary N) is 1. The van der Waals surface area contributed by atoms with Crippen molar-refractivity contribution in [3.8, 4) is 6.07 Å². The first-order valence-corrected chi connectivity index (χ1v) is 9.55. The van der Waals surface area contributed by atoms with Crippen LogP contribution in [0.15, 0.2) is 30.7 Å². The van der Waals surface area contributed by atoms with E-state index in [0.717, 1.165) is 43.4 Å². The highest BCUT2D eigenvalue weighted by Crippen LogP contribution is 2.40. The van der Waals surface area contributed by atoms with Crippen molar-refractivity contribution in [2.45, 2.75) is 52.1 Å². The van der Waals surface area contributed by atoms with Crippen LogP contribution in [0.5, 0.6) is 0 Å². The lowest BCUT2D eigenvalue weighted by Gasteiger charge is -2.39. The van der Waals surface area contributed by atoms with Crippen LogP contribution >= 0.6 is 0 Å². The Morgan fingerprint density at radius 1 is 1.33 bits per heavy atom. The fourth-order valence-electron chi connectivity index (χ4n) is 3.83. The highest BCUT2D eigenvalue weighted by atomic mass is 16.3. The molecule has 2 aromatic heterocycles. The molecule has 0 aromatic carbocycles. The Bertz CT molecular complexity index is 800. The van der Waals surface area contributed by atoms with Gasteiger partial charge in [-0.3, -0.25) is 4.98 Å². The number of hydrogen-bond donors (Lipinski definition) is 2. The van der Waals surface area contributed by atoms with Crippen LogP contribution in [-0.2, 0) is 12.8 Å². The molecule has 142 valence electrons. The van der Waals surface area contributed by atoms with Gasteiger partial charge < -0.3 is 10.4 Å². The quantitative estimate of drug-likeness (QED) is 0.817. The van der Waals surface area contributed by atoms with Gasteiger partial charge in [-0.1, -0.05) is 19.9 Å². The predicted molar refractivity (Wildman–Crippen MR) is 104 cm³/mol. The maximum Gasteiger partial charge on any atom is 0.222 e. The summed E-state index contributed by atoms with van der Waals surface area (Å²) in [5.74, 6) is 0.983. The van der Waals surface area contributed by atoms with Gasteiger partial charge in [-0.2, -0.15) is 5.26 Å². The van der Waals surface area contributed by atoms with Gasteiger partial charge in [0.1, 0.15) is 6.07 Å². The van der Waals surface area contributed by atoms with Crippen LogP contribution in [0.2, 0.25) is 0 Å². The molecule has 1 aliphatic carbocycles. The standard InChI is InChI=1S/C21H27N5O/c1-21(2)11-16(5-6-19(21)27)10-18-17(12-22)14-25-20(26-18)24-9-7-15-4-3-8-23-13-15/h3-4,8,13-14,16,19,27H,5-7,9-11H2,1-2H3,(H,24,25,26)/t16?,19-/m0/s1. The molecule has 2 atom stereocenters. The summed E-state index contributed by atoms with van der Waals surface area (Å²) in [5.41, 5.74) is 2.40. The average molecular weight is 365 g/mol. The zero-order chi connectivity index (χ0) is 19.3. The molecule has 1 aliphatic rings. The SMILES string of the molecule is CC1(C)CC(Cc2nc(NCCc3cccnc3)ncc2C#N)CC[C@@H]1O. The van der Waals surface area contributed by atoms with Gasteiger partial charge in [0.05, 0.1) is 23.6 Å². The summed E-state index contributed by atoms with van der Waals surface area (Å²) in [6.45, 7) is 4.93. The summed E-state index contributed by atoms with van der Waals surface area (Å²) >= 11 is 0. The second-order valence-electron chi connectivity index (χ2n) is 8.06. The van der Waals surface area contributed by atoms with Gasteiger partial charge in [-0.15, -0.1) is 0 Å². The third-order valence-corrected chi connectivity index (χ3v) is 5.45. The van der Waals surface area contributed by atoms with Crippen molar-refractivity contribution in [1.29, 1.82) is 5.26 Å². The van der Waals surface area contributed by atoms with E-state index in [1.54, 1.807) is 12.4 Å². The van der Waals surface area contributed by atoms with Crippen LogP contribution in [0.4, 0.5) is 5.95 Å². The zero-order valence-electron chi connectivity index (χ0n) is 16.0. The second kappa shape index (κ2) is 8.45. The molecule has 27 heavy (non-hydrogen) atoms. The fourth-order valence-corrected chi connectivity index (χ4v) is 3.83. The molecule has 0 aliphatic heterocycles. The van der Waals surface area contributed by atoms with Crippen molar-refractivity contribution in [1.82, 2.24) is 15.0 Å². The summed E-state index contributed by atoms with van der Waals surface area (Å²) in [4.78, 5) is 13.0. The number of pyridine rings is 1. The van der Waals surface area contributed by atoms with Crippen LogP contribution in [0.25, 0.3) is 0 Å². The zero-order valence-corrected chi connectivity index (χ0v) is 16.0. The number of aliphatic hydroxyl groups excluding tert-OH is 1. The number of anilines is 1. The first-order chi connectivity index (χ1) is 13.0. The lowest BCUT2D eigenvalue weighted by molar-refractivity contribution is -0.00748. The number of aromatic nitrogens is 3. The molecular formula is C21H27N5O. The van der Waals surface area contributed by atoms with Crippen LogP contribution in [0, 0.1) is 22.7 Å². The monoisotopic (exact) mass is 365 g/mol. The predicted octanol–water partition coefficient (Wildman–Crippen LogP) is 3.13. The van der Waals surface area contributed by atoms with Crippen LogP contribution in [0.1, 0.15) is 49.9 Å². The molecule has 0 amide bonds. The molecule has 2 heterocycles. The molecule has 6 nitrogen and oxygen atoms in total. The van der Waals surface area contributed by atoms with Gasteiger partial charge in [0.25, 0.3) is 0 Å². The lowest BCUT2D eigenvalue weighted by atomic mass is 9.69. The summed E-state index contributed by atoms with van der Waals surface area (Å²) < 4.78 is 0. The molecule has 2 N–H and O–H groups in total. The van der Waals surface area contributed by atoms with E-state index in [0.29, 0.717) is 24.0 Å². The molecular weight excluding hydrogens is 338 g/mol. The van der Waals surface area contributed by atoms with Gasteiger partial charge in [-0.25, -0.2) is 9.97 Å². The van der Waals surface area contributed by atoms with Gasteiger partial charge in [0.2, 0.25) is 5.95 Å². The fraction of sp³-hybridized carbons (Fsp3) is 0.524. The molecule has 1 unspecified atom stereocenters. The molecule has 0 saturated heterocycles. The topological polar surface area (TPSA) is 94.7 Å². The van der Waals surface area contributed by atoms with Gasteiger partial charge >= 0.3 is 0 Å².